The van der Waals surface area contributed by atoms with E-state index in [1.807, 2.05) is 6.07 Å². The maximum Gasteiger partial charge on any atom is 0.161 e. The van der Waals surface area contributed by atoms with Crippen LogP contribution >= 0.6 is 23.2 Å². The van der Waals surface area contributed by atoms with Gasteiger partial charge in [-0.25, -0.2) is 0 Å². The van der Waals surface area contributed by atoms with Crippen LogP contribution in [0, 0.1) is 5.92 Å². The first kappa shape index (κ1) is 14.8. The molecule has 0 saturated carbocycles. The van der Waals surface area contributed by atoms with Crippen LogP contribution in [-0.4, -0.2) is 32.5 Å². The fraction of sp³-hybridized carbons (Fsp3) is 0.571. The molecule has 5 heteroatoms. The number of fused-ring (bicyclic) bond motifs is 1. The molecular formula is C14H19Cl2NO2. The molecule has 0 spiro atoms. The van der Waals surface area contributed by atoms with E-state index < -0.39 is 0 Å². The van der Waals surface area contributed by atoms with Crippen LogP contribution in [0.3, 0.4) is 0 Å². The van der Waals surface area contributed by atoms with Gasteiger partial charge in [-0.1, -0.05) is 0 Å². The predicted molar refractivity (Wildman–Crippen MR) is 78.9 cm³/mol. The Balaban J connectivity index is 2.42. The highest BCUT2D eigenvalue weighted by Gasteiger charge is 2.28. The summed E-state index contributed by atoms with van der Waals surface area (Å²) in [5, 5.41) is 3.50. The molecule has 1 unspecified atom stereocenters. The largest absolute Gasteiger partial charge is 0.493 e. The number of alkyl halides is 2. The van der Waals surface area contributed by atoms with Gasteiger partial charge < -0.3 is 14.8 Å². The normalized spacial score (nSPS) is 18.3. The molecule has 3 nitrogen and oxygen atoms in total. The highest BCUT2D eigenvalue weighted by molar-refractivity contribution is 6.20. The Morgan fingerprint density at radius 2 is 1.84 bits per heavy atom. The van der Waals surface area contributed by atoms with Crippen molar-refractivity contribution >= 4 is 23.2 Å². The standard InChI is InChI=1S/C14H19Cl2NO2/c1-18-12-5-9-3-4-17-14(10(7-15)8-16)11(9)6-13(12)19-2/h5-6,10,14,17H,3-4,7-8H2,1-2H3. The summed E-state index contributed by atoms with van der Waals surface area (Å²) in [6.07, 6.45) is 0.976. The van der Waals surface area contributed by atoms with E-state index in [0.29, 0.717) is 11.8 Å². The summed E-state index contributed by atoms with van der Waals surface area (Å²) >= 11 is 12.0. The zero-order chi connectivity index (χ0) is 13.8. The van der Waals surface area contributed by atoms with Gasteiger partial charge in [-0.3, -0.25) is 0 Å². The van der Waals surface area contributed by atoms with Crippen molar-refractivity contribution in [3.63, 3.8) is 0 Å². The quantitative estimate of drug-likeness (QED) is 0.848. The molecule has 1 heterocycles. The van der Waals surface area contributed by atoms with Gasteiger partial charge >= 0.3 is 0 Å². The Labute approximate surface area is 124 Å². The first-order chi connectivity index (χ1) is 9.24. The van der Waals surface area contributed by atoms with E-state index in [4.69, 9.17) is 32.7 Å². The van der Waals surface area contributed by atoms with Gasteiger partial charge in [0.05, 0.1) is 14.2 Å². The number of hydrogen-bond acceptors (Lipinski definition) is 3. The van der Waals surface area contributed by atoms with Gasteiger partial charge in [0.2, 0.25) is 0 Å². The molecule has 2 rings (SSSR count). The van der Waals surface area contributed by atoms with Gasteiger partial charge in [0.25, 0.3) is 0 Å². The number of rotatable bonds is 5. The summed E-state index contributed by atoms with van der Waals surface area (Å²) in [6.45, 7) is 0.928. The number of halogens is 2. The molecule has 1 N–H and O–H groups in total. The van der Waals surface area contributed by atoms with Gasteiger partial charge in [0.15, 0.2) is 11.5 Å². The average Bonchev–Trinajstić information content (AvgIpc) is 2.47. The Morgan fingerprint density at radius 3 is 2.42 bits per heavy atom. The lowest BCUT2D eigenvalue weighted by Gasteiger charge is -2.32. The van der Waals surface area contributed by atoms with E-state index >= 15 is 0 Å². The maximum atomic E-state index is 6.02. The molecule has 0 radical (unpaired) electrons. The van der Waals surface area contributed by atoms with Crippen molar-refractivity contribution in [2.75, 3.05) is 32.5 Å². The van der Waals surface area contributed by atoms with Gasteiger partial charge in [-0.15, -0.1) is 23.2 Å². The molecule has 19 heavy (non-hydrogen) atoms. The second-order valence-corrected chi connectivity index (χ2v) is 5.27. The van der Waals surface area contributed by atoms with E-state index in [-0.39, 0.29) is 12.0 Å². The number of nitrogens with one attached hydrogen (secondary N) is 1. The molecule has 106 valence electrons. The van der Waals surface area contributed by atoms with E-state index in [0.717, 1.165) is 24.5 Å². The van der Waals surface area contributed by atoms with E-state index in [1.54, 1.807) is 14.2 Å². The van der Waals surface area contributed by atoms with Crippen LogP contribution in [0.4, 0.5) is 0 Å². The first-order valence-corrected chi connectivity index (χ1v) is 7.42. The lowest BCUT2D eigenvalue weighted by atomic mass is 9.87. The second-order valence-electron chi connectivity index (χ2n) is 4.66. The zero-order valence-electron chi connectivity index (χ0n) is 11.2. The summed E-state index contributed by atoms with van der Waals surface area (Å²) in [6, 6.07) is 4.28. The fourth-order valence-corrected chi connectivity index (χ4v) is 3.24. The van der Waals surface area contributed by atoms with Crippen LogP contribution in [0.5, 0.6) is 11.5 Å². The Kier molecular flexibility index (Phi) is 5.20. The van der Waals surface area contributed by atoms with Crippen LogP contribution in [-0.2, 0) is 6.42 Å². The lowest BCUT2D eigenvalue weighted by molar-refractivity contribution is 0.348. The minimum Gasteiger partial charge on any atom is -0.493 e. The van der Waals surface area contributed by atoms with Crippen molar-refractivity contribution in [1.82, 2.24) is 5.32 Å². The van der Waals surface area contributed by atoms with Crippen molar-refractivity contribution in [2.45, 2.75) is 12.5 Å². The average molecular weight is 304 g/mol. The van der Waals surface area contributed by atoms with Crippen LogP contribution in [0.2, 0.25) is 0 Å². The summed E-state index contributed by atoms with van der Waals surface area (Å²) < 4.78 is 10.7. The number of ether oxygens (including phenoxy) is 2. The summed E-state index contributed by atoms with van der Waals surface area (Å²) in [5.74, 6) is 2.80. The first-order valence-electron chi connectivity index (χ1n) is 6.35. The second kappa shape index (κ2) is 6.69. The van der Waals surface area contributed by atoms with E-state index in [9.17, 15) is 0 Å². The fourth-order valence-electron chi connectivity index (χ4n) is 2.56. The van der Waals surface area contributed by atoms with Crippen LogP contribution in [0.15, 0.2) is 12.1 Å². The van der Waals surface area contributed by atoms with Crippen molar-refractivity contribution in [3.8, 4) is 11.5 Å². The SMILES string of the molecule is COc1cc2c(cc1OC)C(C(CCl)CCl)NCC2. The highest BCUT2D eigenvalue weighted by atomic mass is 35.5. The third kappa shape index (κ3) is 2.93. The molecule has 1 aromatic rings. The molecule has 1 atom stereocenters. The Bertz CT molecular complexity index is 436. The van der Waals surface area contributed by atoms with E-state index in [2.05, 4.69) is 11.4 Å². The predicted octanol–water partition coefficient (Wildman–Crippen LogP) is 2.98. The van der Waals surface area contributed by atoms with Crippen LogP contribution in [0.1, 0.15) is 17.2 Å². The van der Waals surface area contributed by atoms with Gasteiger partial charge in [0.1, 0.15) is 0 Å². The lowest BCUT2D eigenvalue weighted by Crippen LogP contribution is -2.36. The topological polar surface area (TPSA) is 30.5 Å². The van der Waals surface area contributed by atoms with Crippen molar-refractivity contribution in [3.05, 3.63) is 23.3 Å². The van der Waals surface area contributed by atoms with Crippen LogP contribution < -0.4 is 14.8 Å². The van der Waals surface area contributed by atoms with Gasteiger partial charge in [-0.2, -0.15) is 0 Å². The van der Waals surface area contributed by atoms with Crippen molar-refractivity contribution in [1.29, 1.82) is 0 Å². The zero-order valence-corrected chi connectivity index (χ0v) is 12.7. The molecule has 0 aromatic heterocycles. The minimum atomic E-state index is 0.179. The highest BCUT2D eigenvalue weighted by Crippen LogP contribution is 2.38. The molecule has 1 aliphatic rings. The number of benzene rings is 1. The Morgan fingerprint density at radius 1 is 1.21 bits per heavy atom. The summed E-state index contributed by atoms with van der Waals surface area (Å²) in [5.41, 5.74) is 2.50. The summed E-state index contributed by atoms with van der Waals surface area (Å²) in [7, 11) is 3.30. The van der Waals surface area contributed by atoms with Crippen molar-refractivity contribution in [2.24, 2.45) is 5.92 Å². The molecule has 0 fully saturated rings. The minimum absolute atomic E-state index is 0.179. The van der Waals surface area contributed by atoms with Crippen molar-refractivity contribution < 1.29 is 9.47 Å². The van der Waals surface area contributed by atoms with Gasteiger partial charge in [0, 0.05) is 23.7 Å². The van der Waals surface area contributed by atoms with Crippen LogP contribution in [0.25, 0.3) is 0 Å². The smallest absolute Gasteiger partial charge is 0.161 e. The number of methoxy groups -OCH3 is 2. The molecule has 0 amide bonds. The molecule has 0 saturated heterocycles. The number of hydrogen-bond donors (Lipinski definition) is 1. The monoisotopic (exact) mass is 303 g/mol. The maximum absolute atomic E-state index is 6.02. The third-order valence-electron chi connectivity index (χ3n) is 3.61. The van der Waals surface area contributed by atoms with E-state index in [1.165, 1.54) is 11.1 Å². The molecule has 0 bridgehead atoms. The molecule has 0 aliphatic carbocycles. The van der Waals surface area contributed by atoms with Gasteiger partial charge in [-0.05, 0) is 36.2 Å². The third-order valence-corrected chi connectivity index (χ3v) is 4.40. The molecule has 1 aliphatic heterocycles. The molecule has 1 aromatic carbocycles. The Hall–Kier alpha value is -0.640. The summed E-state index contributed by atoms with van der Waals surface area (Å²) in [4.78, 5) is 0. The molecular weight excluding hydrogens is 285 g/mol.